The Bertz CT molecular complexity index is 1040. The molecule has 1 heterocycles. The summed E-state index contributed by atoms with van der Waals surface area (Å²) >= 11 is 11.9. The summed E-state index contributed by atoms with van der Waals surface area (Å²) in [7, 11) is 0. The minimum Gasteiger partial charge on any atom is -1.00 e. The average Bonchev–Trinajstić information content (AvgIpc) is 2.70. The van der Waals surface area contributed by atoms with Gasteiger partial charge in [0.25, 0.3) is 5.91 Å². The SMILES string of the molecule is O=C(C[n+]1cccc(C(=O)NN=Cc2ccc(Cl)cc2Cl)c1)c1ccccc1.[Br-]. The molecule has 0 aliphatic heterocycles. The van der Waals surface area contributed by atoms with Crippen LogP contribution in [0.3, 0.4) is 0 Å². The molecule has 5 nitrogen and oxygen atoms in total. The predicted octanol–water partition coefficient (Wildman–Crippen LogP) is 0.932. The number of halogens is 3. The normalized spacial score (nSPS) is 10.4. The van der Waals surface area contributed by atoms with E-state index in [1.165, 1.54) is 6.21 Å². The van der Waals surface area contributed by atoms with Crippen molar-refractivity contribution in [2.45, 2.75) is 6.54 Å². The molecule has 0 aliphatic carbocycles. The van der Waals surface area contributed by atoms with Gasteiger partial charge in [-0.15, -0.1) is 0 Å². The second-order valence-electron chi connectivity index (χ2n) is 5.92. The monoisotopic (exact) mass is 491 g/mol. The zero-order chi connectivity index (χ0) is 19.9. The van der Waals surface area contributed by atoms with Crippen molar-refractivity contribution in [3.05, 3.63) is 99.8 Å². The summed E-state index contributed by atoms with van der Waals surface area (Å²) in [6.07, 6.45) is 4.77. The van der Waals surface area contributed by atoms with Crippen molar-refractivity contribution in [2.75, 3.05) is 0 Å². The van der Waals surface area contributed by atoms with Crippen LogP contribution in [0.5, 0.6) is 0 Å². The molecule has 1 amide bonds. The Labute approximate surface area is 188 Å². The van der Waals surface area contributed by atoms with Gasteiger partial charge < -0.3 is 17.0 Å². The maximum Gasteiger partial charge on any atom is 0.277 e. The lowest BCUT2D eigenvalue weighted by atomic mass is 10.1. The number of hydrogen-bond acceptors (Lipinski definition) is 3. The second-order valence-corrected chi connectivity index (χ2v) is 6.76. The van der Waals surface area contributed by atoms with Crippen molar-refractivity contribution in [3.8, 4) is 0 Å². The molecule has 0 bridgehead atoms. The van der Waals surface area contributed by atoms with Crippen LogP contribution in [0, 0.1) is 0 Å². The fourth-order valence-corrected chi connectivity index (χ4v) is 2.92. The van der Waals surface area contributed by atoms with Gasteiger partial charge >= 0.3 is 0 Å². The molecule has 0 fully saturated rings. The second kappa shape index (κ2) is 10.9. The number of ketones is 1. The van der Waals surface area contributed by atoms with Crippen molar-refractivity contribution >= 4 is 41.1 Å². The van der Waals surface area contributed by atoms with Gasteiger partial charge in [0.05, 0.1) is 11.2 Å². The molecule has 0 radical (unpaired) electrons. The number of pyridine rings is 1. The fraction of sp³-hybridized carbons (Fsp3) is 0.0476. The first kappa shape index (κ1) is 22.7. The first-order chi connectivity index (χ1) is 13.5. The van der Waals surface area contributed by atoms with Crippen LogP contribution >= 0.6 is 23.2 Å². The van der Waals surface area contributed by atoms with Crippen molar-refractivity contribution in [2.24, 2.45) is 5.10 Å². The van der Waals surface area contributed by atoms with Gasteiger partial charge in [-0.2, -0.15) is 9.67 Å². The summed E-state index contributed by atoms with van der Waals surface area (Å²) in [6, 6.07) is 17.3. The van der Waals surface area contributed by atoms with E-state index in [1.807, 2.05) is 18.2 Å². The number of Topliss-reactive ketones (excluding diaryl/α,β-unsaturated/α-hetero) is 1. The zero-order valence-electron chi connectivity index (χ0n) is 15.1. The number of nitrogens with one attached hydrogen (secondary N) is 1. The van der Waals surface area contributed by atoms with Crippen LogP contribution in [0.25, 0.3) is 0 Å². The summed E-state index contributed by atoms with van der Waals surface area (Å²) in [5.41, 5.74) is 4.07. The average molecular weight is 493 g/mol. The number of amides is 1. The minimum atomic E-state index is -0.400. The number of rotatable bonds is 6. The molecule has 1 aromatic heterocycles. The Kier molecular flexibility index (Phi) is 8.51. The highest BCUT2D eigenvalue weighted by molar-refractivity contribution is 6.36. The number of carbonyl (C=O) groups is 2. The first-order valence-electron chi connectivity index (χ1n) is 8.39. The van der Waals surface area contributed by atoms with Crippen molar-refractivity contribution in [1.29, 1.82) is 0 Å². The lowest BCUT2D eigenvalue weighted by Crippen LogP contribution is -3.00. The Hall–Kier alpha value is -2.54. The number of hydrogen-bond donors (Lipinski definition) is 1. The summed E-state index contributed by atoms with van der Waals surface area (Å²) in [4.78, 5) is 24.6. The van der Waals surface area contributed by atoms with Gasteiger partial charge in [-0.25, -0.2) is 5.43 Å². The largest absolute Gasteiger partial charge is 1.00 e. The standard InChI is InChI=1S/C21H15Cl2N3O2.BrH/c22-18-9-8-16(19(23)11-18)12-24-25-21(28)17-7-4-10-26(13-17)14-20(27)15-5-2-1-3-6-15;/h1-13H,14H2;1H. The quantitative estimate of drug-likeness (QED) is 0.241. The highest BCUT2D eigenvalue weighted by Gasteiger charge is 2.14. The molecule has 3 aromatic rings. The number of hydrazone groups is 1. The third-order valence-electron chi connectivity index (χ3n) is 3.87. The fourth-order valence-electron chi connectivity index (χ4n) is 2.47. The number of nitrogens with zero attached hydrogens (tertiary/aromatic N) is 2. The highest BCUT2D eigenvalue weighted by Crippen LogP contribution is 2.19. The summed E-state index contributed by atoms with van der Waals surface area (Å²) < 4.78 is 1.66. The number of aromatic nitrogens is 1. The van der Waals surface area contributed by atoms with Gasteiger partial charge in [0.1, 0.15) is 5.56 Å². The van der Waals surface area contributed by atoms with Crippen LogP contribution in [0.1, 0.15) is 26.3 Å². The van der Waals surface area contributed by atoms with Gasteiger partial charge in [-0.3, -0.25) is 9.59 Å². The summed E-state index contributed by atoms with van der Waals surface area (Å²) in [6.45, 7) is 0.134. The van der Waals surface area contributed by atoms with Gasteiger partial charge in [-0.1, -0.05) is 59.6 Å². The highest BCUT2D eigenvalue weighted by atomic mass is 79.9. The topological polar surface area (TPSA) is 62.4 Å². The Morgan fingerprint density at radius 1 is 1.00 bits per heavy atom. The van der Waals surface area contributed by atoms with E-state index in [0.717, 1.165) is 0 Å². The van der Waals surface area contributed by atoms with Crippen LogP contribution < -0.4 is 27.0 Å². The van der Waals surface area contributed by atoms with Crippen LogP contribution in [0.4, 0.5) is 0 Å². The van der Waals surface area contributed by atoms with Gasteiger partial charge in [0.15, 0.2) is 12.4 Å². The molecule has 0 atom stereocenters. The van der Waals surface area contributed by atoms with Crippen LogP contribution in [0.15, 0.2) is 78.2 Å². The molecular weight excluding hydrogens is 477 g/mol. The van der Waals surface area contributed by atoms with Crippen LogP contribution in [-0.2, 0) is 6.54 Å². The van der Waals surface area contributed by atoms with E-state index >= 15 is 0 Å². The third-order valence-corrected chi connectivity index (χ3v) is 4.44. The molecule has 0 aliphatic rings. The summed E-state index contributed by atoms with van der Waals surface area (Å²) in [5.74, 6) is -0.443. The van der Waals surface area contributed by atoms with E-state index < -0.39 is 5.91 Å². The van der Waals surface area contributed by atoms with E-state index in [4.69, 9.17) is 23.2 Å². The molecule has 0 saturated carbocycles. The van der Waals surface area contributed by atoms with Crippen LogP contribution in [-0.4, -0.2) is 17.9 Å². The molecule has 0 spiro atoms. The van der Waals surface area contributed by atoms with Crippen molar-refractivity contribution in [3.63, 3.8) is 0 Å². The van der Waals surface area contributed by atoms with E-state index in [1.54, 1.807) is 59.4 Å². The molecule has 29 heavy (non-hydrogen) atoms. The maximum atomic E-state index is 12.3. The molecule has 0 saturated heterocycles. The van der Waals surface area contributed by atoms with Gasteiger partial charge in [0, 0.05) is 22.2 Å². The van der Waals surface area contributed by atoms with E-state index in [2.05, 4.69) is 10.5 Å². The van der Waals surface area contributed by atoms with Crippen LogP contribution in [0.2, 0.25) is 10.0 Å². The Morgan fingerprint density at radius 3 is 2.45 bits per heavy atom. The smallest absolute Gasteiger partial charge is 0.277 e. The molecule has 1 N–H and O–H groups in total. The van der Waals surface area contributed by atoms with E-state index in [-0.39, 0.29) is 29.3 Å². The lowest BCUT2D eigenvalue weighted by molar-refractivity contribution is -0.683. The molecular formula is C21H16BrCl2N3O2. The number of benzene rings is 2. The molecule has 3 rings (SSSR count). The lowest BCUT2D eigenvalue weighted by Gasteiger charge is -2.01. The Morgan fingerprint density at radius 2 is 1.72 bits per heavy atom. The van der Waals surface area contributed by atoms with E-state index in [9.17, 15) is 9.59 Å². The molecule has 8 heteroatoms. The van der Waals surface area contributed by atoms with Gasteiger partial charge in [0.2, 0.25) is 12.3 Å². The van der Waals surface area contributed by atoms with Crippen molar-refractivity contribution < 1.29 is 31.1 Å². The maximum absolute atomic E-state index is 12.3. The molecule has 2 aromatic carbocycles. The zero-order valence-corrected chi connectivity index (χ0v) is 18.2. The molecule has 0 unspecified atom stereocenters. The molecule has 148 valence electrons. The predicted molar refractivity (Wildman–Crippen MR) is 109 cm³/mol. The van der Waals surface area contributed by atoms with Crippen molar-refractivity contribution in [1.82, 2.24) is 5.43 Å². The minimum absolute atomic E-state index is 0. The number of carbonyl (C=O) groups excluding carboxylic acids is 2. The van der Waals surface area contributed by atoms with Gasteiger partial charge in [-0.05, 0) is 18.2 Å². The first-order valence-corrected chi connectivity index (χ1v) is 9.14. The Balaban J connectivity index is 0.00000300. The van der Waals surface area contributed by atoms with E-state index in [0.29, 0.717) is 26.7 Å². The summed E-state index contributed by atoms with van der Waals surface area (Å²) in [5, 5.41) is 4.87. The third kappa shape index (κ3) is 6.49.